The topological polar surface area (TPSA) is 55.8 Å². The third-order valence-corrected chi connectivity index (χ3v) is 5.57. The van der Waals surface area contributed by atoms with Crippen LogP contribution in [0.4, 0.5) is 0 Å². The summed E-state index contributed by atoms with van der Waals surface area (Å²) in [6, 6.07) is 9.67. The van der Waals surface area contributed by atoms with Crippen LogP contribution >= 0.6 is 0 Å². The zero-order chi connectivity index (χ0) is 15.9. The van der Waals surface area contributed by atoms with E-state index in [9.17, 15) is 9.90 Å². The fourth-order valence-corrected chi connectivity index (χ4v) is 4.45. The molecule has 3 aliphatic rings. The van der Waals surface area contributed by atoms with Crippen LogP contribution in [-0.4, -0.2) is 23.0 Å². The highest BCUT2D eigenvalue weighted by Gasteiger charge is 2.69. The SMILES string of the molecule is O=C(OCc1ccccc1)C12CCC#CC13OC(O)CC3CC2. The van der Waals surface area contributed by atoms with Gasteiger partial charge in [-0.05, 0) is 24.8 Å². The van der Waals surface area contributed by atoms with Crippen molar-refractivity contribution in [2.24, 2.45) is 11.3 Å². The van der Waals surface area contributed by atoms with E-state index in [0.717, 1.165) is 18.4 Å². The minimum absolute atomic E-state index is 0.120. The Kier molecular flexibility index (Phi) is 3.44. The second-order valence-corrected chi connectivity index (χ2v) is 6.73. The zero-order valence-corrected chi connectivity index (χ0v) is 13.0. The Morgan fingerprint density at radius 2 is 2.17 bits per heavy atom. The summed E-state index contributed by atoms with van der Waals surface area (Å²) in [5.41, 5.74) is -0.608. The molecule has 4 heteroatoms. The summed E-state index contributed by atoms with van der Waals surface area (Å²) in [5.74, 6) is 6.16. The molecule has 0 amide bonds. The molecular formula is C19H20O4. The van der Waals surface area contributed by atoms with E-state index in [1.54, 1.807) is 0 Å². The van der Waals surface area contributed by atoms with Crippen molar-refractivity contribution in [2.45, 2.75) is 50.6 Å². The largest absolute Gasteiger partial charge is 0.460 e. The molecule has 0 radical (unpaired) electrons. The van der Waals surface area contributed by atoms with E-state index in [1.807, 2.05) is 30.3 Å². The smallest absolute Gasteiger partial charge is 0.316 e. The Balaban J connectivity index is 1.59. The maximum atomic E-state index is 13.0. The zero-order valence-electron chi connectivity index (χ0n) is 13.0. The molecule has 4 atom stereocenters. The van der Waals surface area contributed by atoms with Gasteiger partial charge in [0.15, 0.2) is 11.9 Å². The molecule has 4 nitrogen and oxygen atoms in total. The van der Waals surface area contributed by atoms with Crippen molar-refractivity contribution in [3.8, 4) is 11.8 Å². The van der Waals surface area contributed by atoms with Gasteiger partial charge in [-0.3, -0.25) is 4.79 Å². The Hall–Kier alpha value is -1.83. The Morgan fingerprint density at radius 3 is 3.00 bits per heavy atom. The second-order valence-electron chi connectivity index (χ2n) is 6.73. The molecule has 4 unspecified atom stereocenters. The van der Waals surface area contributed by atoms with Gasteiger partial charge in [0.05, 0.1) is 0 Å². The van der Waals surface area contributed by atoms with Gasteiger partial charge in [0.2, 0.25) is 0 Å². The summed E-state index contributed by atoms with van der Waals surface area (Å²) in [5, 5.41) is 9.93. The highest BCUT2D eigenvalue weighted by atomic mass is 16.6. The molecule has 1 aromatic rings. The highest BCUT2D eigenvalue weighted by molar-refractivity contribution is 5.81. The predicted octanol–water partition coefficient (Wildman–Crippen LogP) is 2.40. The first-order valence-corrected chi connectivity index (χ1v) is 8.23. The number of aliphatic hydroxyl groups is 1. The van der Waals surface area contributed by atoms with Gasteiger partial charge < -0.3 is 14.6 Å². The van der Waals surface area contributed by atoms with Gasteiger partial charge in [-0.2, -0.15) is 0 Å². The van der Waals surface area contributed by atoms with Crippen LogP contribution in [0, 0.1) is 23.2 Å². The van der Waals surface area contributed by atoms with E-state index in [-0.39, 0.29) is 18.5 Å². The van der Waals surface area contributed by atoms with E-state index in [2.05, 4.69) is 11.8 Å². The number of hydrogen-bond acceptors (Lipinski definition) is 4. The van der Waals surface area contributed by atoms with Crippen LogP contribution in [-0.2, 0) is 20.9 Å². The first-order chi connectivity index (χ1) is 11.2. The van der Waals surface area contributed by atoms with Crippen LogP contribution in [0.15, 0.2) is 30.3 Å². The molecule has 0 bridgehead atoms. The number of aliphatic hydroxyl groups excluding tert-OH is 1. The molecule has 1 saturated carbocycles. The number of carbonyl (C=O) groups excluding carboxylic acids is 1. The molecular weight excluding hydrogens is 292 g/mol. The van der Waals surface area contributed by atoms with Crippen molar-refractivity contribution in [3.63, 3.8) is 0 Å². The number of esters is 1. The molecule has 2 aliphatic carbocycles. The Morgan fingerprint density at radius 1 is 1.35 bits per heavy atom. The van der Waals surface area contributed by atoms with Gasteiger partial charge in [-0.1, -0.05) is 36.3 Å². The lowest BCUT2D eigenvalue weighted by Gasteiger charge is -2.41. The molecule has 1 aromatic carbocycles. The van der Waals surface area contributed by atoms with E-state index < -0.39 is 17.3 Å². The quantitative estimate of drug-likeness (QED) is 0.688. The summed E-state index contributed by atoms with van der Waals surface area (Å²) >= 11 is 0. The lowest BCUT2D eigenvalue weighted by Crippen LogP contribution is -2.53. The molecule has 23 heavy (non-hydrogen) atoms. The minimum atomic E-state index is -0.849. The van der Waals surface area contributed by atoms with Crippen LogP contribution in [0.3, 0.4) is 0 Å². The van der Waals surface area contributed by atoms with Crippen molar-refractivity contribution >= 4 is 5.97 Å². The summed E-state index contributed by atoms with van der Waals surface area (Å²) in [6.07, 6.45) is 2.64. The van der Waals surface area contributed by atoms with Gasteiger partial charge >= 0.3 is 5.97 Å². The van der Waals surface area contributed by atoms with Crippen molar-refractivity contribution in [1.82, 2.24) is 0 Å². The highest BCUT2D eigenvalue weighted by Crippen LogP contribution is 2.61. The molecule has 1 aliphatic heterocycles. The molecule has 1 heterocycles. The van der Waals surface area contributed by atoms with Crippen molar-refractivity contribution in [2.75, 3.05) is 0 Å². The molecule has 1 saturated heterocycles. The van der Waals surface area contributed by atoms with Crippen LogP contribution < -0.4 is 0 Å². The van der Waals surface area contributed by atoms with Gasteiger partial charge in [0, 0.05) is 18.8 Å². The Labute approximate surface area is 135 Å². The first kappa shape index (κ1) is 14.7. The predicted molar refractivity (Wildman–Crippen MR) is 82.8 cm³/mol. The fourth-order valence-electron chi connectivity index (χ4n) is 4.45. The lowest BCUT2D eigenvalue weighted by molar-refractivity contribution is -0.190. The minimum Gasteiger partial charge on any atom is -0.460 e. The van der Waals surface area contributed by atoms with Gasteiger partial charge in [-0.25, -0.2) is 0 Å². The second kappa shape index (κ2) is 5.36. The standard InChI is InChI=1S/C19H20O4/c20-16-12-15-8-11-18(9-4-5-10-19(15,18)23-16)17(21)22-13-14-6-2-1-3-7-14/h1-3,6-7,15-16,20H,4,8-9,11-13H2. The monoisotopic (exact) mass is 312 g/mol. The Bertz CT molecular complexity index is 674. The summed E-state index contributed by atoms with van der Waals surface area (Å²) in [6.45, 7) is 0.262. The van der Waals surface area contributed by atoms with Gasteiger partial charge in [-0.15, -0.1) is 5.92 Å². The van der Waals surface area contributed by atoms with E-state index in [1.165, 1.54) is 0 Å². The molecule has 4 rings (SSSR count). The molecule has 2 fully saturated rings. The van der Waals surface area contributed by atoms with E-state index >= 15 is 0 Å². The number of rotatable bonds is 3. The summed E-state index contributed by atoms with van der Waals surface area (Å²) in [4.78, 5) is 13.0. The summed E-state index contributed by atoms with van der Waals surface area (Å²) in [7, 11) is 0. The van der Waals surface area contributed by atoms with Gasteiger partial charge in [0.25, 0.3) is 0 Å². The van der Waals surface area contributed by atoms with Gasteiger partial charge in [0.1, 0.15) is 12.0 Å². The lowest BCUT2D eigenvalue weighted by atomic mass is 9.67. The van der Waals surface area contributed by atoms with E-state index in [4.69, 9.17) is 9.47 Å². The molecule has 0 aromatic heterocycles. The average Bonchev–Trinajstić information content (AvgIpc) is 3.05. The van der Waals surface area contributed by atoms with E-state index in [0.29, 0.717) is 19.3 Å². The molecule has 1 spiro atoms. The third-order valence-electron chi connectivity index (χ3n) is 5.57. The van der Waals surface area contributed by atoms with Crippen LogP contribution in [0.25, 0.3) is 0 Å². The fraction of sp³-hybridized carbons (Fsp3) is 0.526. The van der Waals surface area contributed by atoms with Crippen LogP contribution in [0.1, 0.15) is 37.7 Å². The maximum absolute atomic E-state index is 13.0. The van der Waals surface area contributed by atoms with Crippen molar-refractivity contribution in [3.05, 3.63) is 35.9 Å². The normalized spacial score (nSPS) is 37.4. The van der Waals surface area contributed by atoms with Crippen LogP contribution in [0.5, 0.6) is 0 Å². The van der Waals surface area contributed by atoms with Crippen molar-refractivity contribution < 1.29 is 19.4 Å². The number of hydrogen-bond donors (Lipinski definition) is 1. The average molecular weight is 312 g/mol. The molecule has 120 valence electrons. The third kappa shape index (κ3) is 2.11. The number of benzene rings is 1. The maximum Gasteiger partial charge on any atom is 0.316 e. The summed E-state index contributed by atoms with van der Waals surface area (Å²) < 4.78 is 11.5. The number of ether oxygens (including phenoxy) is 2. The molecule has 1 N–H and O–H groups in total. The van der Waals surface area contributed by atoms with Crippen molar-refractivity contribution in [1.29, 1.82) is 0 Å². The first-order valence-electron chi connectivity index (χ1n) is 8.23. The van der Waals surface area contributed by atoms with Crippen LogP contribution in [0.2, 0.25) is 0 Å². The number of carbonyl (C=O) groups is 1.